The summed E-state index contributed by atoms with van der Waals surface area (Å²) in [5.41, 5.74) is 2.38. The van der Waals surface area contributed by atoms with Crippen LogP contribution in [-0.4, -0.2) is 31.9 Å². The van der Waals surface area contributed by atoms with Crippen LogP contribution in [0.4, 0.5) is 0 Å². The smallest absolute Gasteiger partial charge is 0.255 e. The molecule has 7 heteroatoms. The van der Waals surface area contributed by atoms with E-state index in [1.807, 2.05) is 29.7 Å². The molecule has 0 saturated carbocycles. The van der Waals surface area contributed by atoms with Crippen molar-refractivity contribution in [2.45, 2.75) is 19.4 Å². The lowest BCUT2D eigenvalue weighted by Crippen LogP contribution is -2.39. The molecule has 1 aliphatic rings. The van der Waals surface area contributed by atoms with Crippen LogP contribution in [0.1, 0.15) is 34.7 Å². The molecule has 0 saturated heterocycles. The highest BCUT2D eigenvalue weighted by molar-refractivity contribution is 6.43. The van der Waals surface area contributed by atoms with E-state index >= 15 is 0 Å². The van der Waals surface area contributed by atoms with Crippen LogP contribution in [-0.2, 0) is 6.42 Å². The molecule has 0 fully saturated rings. The monoisotopic (exact) mass is 386 g/mol. The maximum Gasteiger partial charge on any atom is 0.255 e. The highest BCUT2D eigenvalue weighted by Crippen LogP contribution is 2.33. The van der Waals surface area contributed by atoms with E-state index in [9.17, 15) is 4.79 Å². The number of halogens is 2. The zero-order chi connectivity index (χ0) is 18.3. The Morgan fingerprint density at radius 3 is 2.77 bits per heavy atom. The molecule has 4 rings (SSSR count). The molecule has 1 aromatic carbocycles. The van der Waals surface area contributed by atoms with Gasteiger partial charge in [0.25, 0.3) is 5.91 Å². The molecule has 2 aromatic heterocycles. The van der Waals surface area contributed by atoms with E-state index in [0.717, 1.165) is 17.2 Å². The molecule has 5 nitrogen and oxygen atoms in total. The zero-order valence-corrected chi connectivity index (χ0v) is 15.6. The summed E-state index contributed by atoms with van der Waals surface area (Å²) in [7, 11) is 0. The van der Waals surface area contributed by atoms with Crippen molar-refractivity contribution >= 4 is 29.1 Å². The van der Waals surface area contributed by atoms with Crippen molar-refractivity contribution in [2.24, 2.45) is 0 Å². The third-order valence-electron chi connectivity index (χ3n) is 4.69. The number of rotatable bonds is 2. The summed E-state index contributed by atoms with van der Waals surface area (Å²) < 4.78 is 1.99. The van der Waals surface area contributed by atoms with Gasteiger partial charge in [0.1, 0.15) is 12.1 Å². The maximum absolute atomic E-state index is 13.0. The van der Waals surface area contributed by atoms with E-state index in [2.05, 4.69) is 9.97 Å². The Balaban J connectivity index is 1.67. The first-order valence-electron chi connectivity index (χ1n) is 8.30. The summed E-state index contributed by atoms with van der Waals surface area (Å²) in [5, 5.41) is 0.665. The van der Waals surface area contributed by atoms with Crippen LogP contribution in [0, 0.1) is 0 Å². The van der Waals surface area contributed by atoms with E-state index in [-0.39, 0.29) is 17.0 Å². The average molecular weight is 387 g/mol. The largest absolute Gasteiger partial charge is 0.330 e. The summed E-state index contributed by atoms with van der Waals surface area (Å²) in [6.07, 6.45) is 4.22. The molecule has 26 heavy (non-hydrogen) atoms. The Morgan fingerprint density at radius 1 is 1.15 bits per heavy atom. The Hall–Kier alpha value is -2.37. The fourth-order valence-corrected chi connectivity index (χ4v) is 3.73. The number of hydrogen-bond acceptors (Lipinski definition) is 3. The first-order chi connectivity index (χ1) is 12.6. The fraction of sp³-hybridized carbons (Fsp3) is 0.211. The van der Waals surface area contributed by atoms with Crippen LogP contribution in [0.15, 0.2) is 48.9 Å². The summed E-state index contributed by atoms with van der Waals surface area (Å²) in [6, 6.07) is 10.7. The lowest BCUT2D eigenvalue weighted by atomic mass is 10.0. The van der Waals surface area contributed by atoms with Crippen LogP contribution in [0.3, 0.4) is 0 Å². The summed E-state index contributed by atoms with van der Waals surface area (Å²) in [6.45, 7) is 2.55. The van der Waals surface area contributed by atoms with Crippen LogP contribution >= 0.6 is 23.2 Å². The summed E-state index contributed by atoms with van der Waals surface area (Å²) in [4.78, 5) is 23.7. The normalized spacial score (nSPS) is 16.4. The van der Waals surface area contributed by atoms with Crippen molar-refractivity contribution in [3.05, 3.63) is 75.9 Å². The van der Waals surface area contributed by atoms with Gasteiger partial charge in [-0.05, 0) is 31.2 Å². The fourth-order valence-electron chi connectivity index (χ4n) is 3.35. The van der Waals surface area contributed by atoms with Crippen molar-refractivity contribution in [3.8, 4) is 5.82 Å². The first-order valence-corrected chi connectivity index (χ1v) is 9.06. The van der Waals surface area contributed by atoms with Gasteiger partial charge in [-0.25, -0.2) is 9.97 Å². The number of carbonyl (C=O) groups excluding carboxylic acids is 1. The first kappa shape index (κ1) is 17.1. The van der Waals surface area contributed by atoms with Gasteiger partial charge < -0.3 is 4.90 Å². The second-order valence-electron chi connectivity index (χ2n) is 6.16. The quantitative estimate of drug-likeness (QED) is 0.658. The van der Waals surface area contributed by atoms with Crippen molar-refractivity contribution < 1.29 is 4.79 Å². The van der Waals surface area contributed by atoms with Crippen molar-refractivity contribution in [3.63, 3.8) is 0 Å². The van der Waals surface area contributed by atoms with Gasteiger partial charge in [-0.2, -0.15) is 0 Å². The number of hydrogen-bond donors (Lipinski definition) is 0. The lowest BCUT2D eigenvalue weighted by Gasteiger charge is -2.33. The number of imidazole rings is 1. The predicted octanol–water partition coefficient (Wildman–Crippen LogP) is 4.33. The third kappa shape index (κ3) is 2.77. The van der Waals surface area contributed by atoms with E-state index in [1.165, 1.54) is 0 Å². The van der Waals surface area contributed by atoms with Crippen LogP contribution in [0.25, 0.3) is 5.82 Å². The van der Waals surface area contributed by atoms with Crippen molar-refractivity contribution in [1.82, 2.24) is 19.4 Å². The number of fused-ring (bicyclic) bond motifs is 1. The minimum atomic E-state index is -0.161. The molecule has 3 heterocycles. The third-order valence-corrected chi connectivity index (χ3v) is 5.51. The molecule has 1 aliphatic heterocycles. The van der Waals surface area contributed by atoms with Gasteiger partial charge in [0.15, 0.2) is 0 Å². The van der Waals surface area contributed by atoms with Gasteiger partial charge in [0, 0.05) is 19.2 Å². The Morgan fingerprint density at radius 2 is 2.00 bits per heavy atom. The lowest BCUT2D eigenvalue weighted by molar-refractivity contribution is 0.0672. The number of nitrogens with zero attached hydrogens (tertiary/aromatic N) is 4. The molecule has 1 amide bonds. The number of benzene rings is 1. The van der Waals surface area contributed by atoms with Crippen LogP contribution < -0.4 is 0 Å². The topological polar surface area (TPSA) is 51.0 Å². The standard InChI is InChI=1S/C19H16Cl2N4O/c1-12-18-15(25(11-23-18)16-7-2-3-9-22-16)8-10-24(12)19(26)13-5-4-6-14(20)17(13)21/h2-7,9,11-12H,8,10H2,1H3. The van der Waals surface area contributed by atoms with Gasteiger partial charge >= 0.3 is 0 Å². The molecule has 0 N–H and O–H groups in total. The van der Waals surface area contributed by atoms with E-state index in [0.29, 0.717) is 23.6 Å². The molecular formula is C19H16Cl2N4O. The molecule has 0 radical (unpaired) electrons. The van der Waals surface area contributed by atoms with E-state index in [1.54, 1.807) is 35.6 Å². The molecule has 3 aromatic rings. The molecule has 132 valence electrons. The van der Waals surface area contributed by atoms with E-state index in [4.69, 9.17) is 23.2 Å². The number of amides is 1. The Kier molecular flexibility index (Phi) is 4.42. The second-order valence-corrected chi connectivity index (χ2v) is 6.95. The number of pyridine rings is 1. The van der Waals surface area contributed by atoms with Gasteiger partial charge in [0.05, 0.1) is 33.0 Å². The molecule has 0 spiro atoms. The Bertz CT molecular complexity index is 971. The minimum absolute atomic E-state index is 0.136. The highest BCUT2D eigenvalue weighted by atomic mass is 35.5. The molecule has 0 bridgehead atoms. The van der Waals surface area contributed by atoms with Crippen molar-refractivity contribution in [2.75, 3.05) is 6.54 Å². The van der Waals surface area contributed by atoms with Gasteiger partial charge in [-0.3, -0.25) is 9.36 Å². The predicted molar refractivity (Wildman–Crippen MR) is 101 cm³/mol. The number of aromatic nitrogens is 3. The van der Waals surface area contributed by atoms with E-state index < -0.39 is 0 Å². The molecule has 1 atom stereocenters. The molecule has 1 unspecified atom stereocenters. The SMILES string of the molecule is CC1c2ncn(-c3ccccn3)c2CCN1C(=O)c1cccc(Cl)c1Cl. The second kappa shape index (κ2) is 6.74. The van der Waals surface area contributed by atoms with Crippen molar-refractivity contribution in [1.29, 1.82) is 0 Å². The van der Waals surface area contributed by atoms with Gasteiger partial charge in [-0.1, -0.05) is 35.3 Å². The molecule has 0 aliphatic carbocycles. The average Bonchev–Trinajstić information content (AvgIpc) is 3.09. The highest BCUT2D eigenvalue weighted by Gasteiger charge is 2.32. The Labute approximate surface area is 161 Å². The van der Waals surface area contributed by atoms with Gasteiger partial charge in [0.2, 0.25) is 0 Å². The number of carbonyl (C=O) groups is 1. The van der Waals surface area contributed by atoms with Crippen LogP contribution in [0.5, 0.6) is 0 Å². The zero-order valence-electron chi connectivity index (χ0n) is 14.1. The maximum atomic E-state index is 13.0. The van der Waals surface area contributed by atoms with Gasteiger partial charge in [-0.15, -0.1) is 0 Å². The molecular weight excluding hydrogens is 371 g/mol. The van der Waals surface area contributed by atoms with Crippen LogP contribution in [0.2, 0.25) is 10.0 Å². The summed E-state index contributed by atoms with van der Waals surface area (Å²) in [5.74, 6) is 0.689. The summed E-state index contributed by atoms with van der Waals surface area (Å²) >= 11 is 12.3. The minimum Gasteiger partial charge on any atom is -0.330 e.